The van der Waals surface area contributed by atoms with E-state index in [1.165, 1.54) is 0 Å². The number of nitrogens with zero attached hydrogens (tertiary/aromatic N) is 2. The van der Waals surface area contributed by atoms with E-state index in [1.54, 1.807) is 12.3 Å². The van der Waals surface area contributed by atoms with Gasteiger partial charge in [0.15, 0.2) is 0 Å². The highest BCUT2D eigenvalue weighted by Gasteiger charge is 2.03. The maximum absolute atomic E-state index is 7.70. The number of hydrogen-bond acceptors (Lipinski definition) is 2. The third-order valence-corrected chi connectivity index (χ3v) is 2.50. The SMILES string of the molecule is N=c1cc(-c2ccccc2)n2ccnc2[nH]1. The number of aromatic amines is 1. The van der Waals surface area contributed by atoms with Crippen molar-refractivity contribution < 1.29 is 0 Å². The lowest BCUT2D eigenvalue weighted by atomic mass is 10.1. The molecule has 0 atom stereocenters. The lowest BCUT2D eigenvalue weighted by molar-refractivity contribution is 1.03. The van der Waals surface area contributed by atoms with Gasteiger partial charge in [-0.05, 0) is 5.56 Å². The van der Waals surface area contributed by atoms with Crippen LogP contribution in [-0.2, 0) is 0 Å². The fourth-order valence-corrected chi connectivity index (χ4v) is 1.78. The van der Waals surface area contributed by atoms with Crippen molar-refractivity contribution in [2.24, 2.45) is 0 Å². The molecular weight excluding hydrogens is 200 g/mol. The van der Waals surface area contributed by atoms with E-state index >= 15 is 0 Å². The largest absolute Gasteiger partial charge is 0.310 e. The van der Waals surface area contributed by atoms with E-state index in [0.717, 1.165) is 11.3 Å². The van der Waals surface area contributed by atoms with Crippen LogP contribution in [0.5, 0.6) is 0 Å². The van der Waals surface area contributed by atoms with Crippen LogP contribution >= 0.6 is 0 Å². The Morgan fingerprint density at radius 3 is 2.81 bits per heavy atom. The van der Waals surface area contributed by atoms with E-state index in [-0.39, 0.29) is 0 Å². The Balaban J connectivity index is 2.39. The Kier molecular flexibility index (Phi) is 1.86. The molecule has 0 fully saturated rings. The molecule has 0 saturated carbocycles. The Labute approximate surface area is 91.7 Å². The van der Waals surface area contributed by atoms with Crippen LogP contribution in [0, 0.1) is 5.41 Å². The van der Waals surface area contributed by atoms with Gasteiger partial charge in [-0.25, -0.2) is 4.98 Å². The topological polar surface area (TPSA) is 56.9 Å². The second-order valence-corrected chi connectivity index (χ2v) is 3.56. The first kappa shape index (κ1) is 8.91. The van der Waals surface area contributed by atoms with Gasteiger partial charge in [0.25, 0.3) is 0 Å². The highest BCUT2D eigenvalue weighted by molar-refractivity contribution is 5.61. The van der Waals surface area contributed by atoms with Gasteiger partial charge in [-0.15, -0.1) is 0 Å². The molecule has 2 aromatic heterocycles. The minimum atomic E-state index is 0.359. The first-order valence-electron chi connectivity index (χ1n) is 5.01. The molecule has 0 unspecified atom stereocenters. The van der Waals surface area contributed by atoms with Crippen LogP contribution in [0.1, 0.15) is 0 Å². The van der Waals surface area contributed by atoms with Gasteiger partial charge < -0.3 is 4.98 Å². The van der Waals surface area contributed by atoms with Crippen LogP contribution in [0.15, 0.2) is 48.8 Å². The zero-order chi connectivity index (χ0) is 11.0. The standard InChI is InChI=1S/C12H10N4/c13-11-8-10(9-4-2-1-3-5-9)16-7-6-14-12(16)15-11/h1-8H,(H2,13,14,15). The van der Waals surface area contributed by atoms with Gasteiger partial charge >= 0.3 is 0 Å². The maximum atomic E-state index is 7.70. The fourth-order valence-electron chi connectivity index (χ4n) is 1.78. The average molecular weight is 210 g/mol. The predicted molar refractivity (Wildman–Crippen MR) is 60.8 cm³/mol. The average Bonchev–Trinajstić information content (AvgIpc) is 2.77. The number of aromatic nitrogens is 3. The highest BCUT2D eigenvalue weighted by Crippen LogP contribution is 2.17. The quantitative estimate of drug-likeness (QED) is 0.632. The number of fused-ring (bicyclic) bond motifs is 1. The monoisotopic (exact) mass is 210 g/mol. The summed E-state index contributed by atoms with van der Waals surface area (Å²) in [4.78, 5) is 7.05. The molecule has 78 valence electrons. The Morgan fingerprint density at radius 1 is 1.19 bits per heavy atom. The molecule has 2 heterocycles. The minimum Gasteiger partial charge on any atom is -0.310 e. The van der Waals surface area contributed by atoms with Crippen LogP contribution in [0.2, 0.25) is 0 Å². The molecule has 0 aliphatic rings. The molecule has 3 aromatic rings. The second kappa shape index (κ2) is 3.34. The molecule has 2 N–H and O–H groups in total. The fraction of sp³-hybridized carbons (Fsp3) is 0. The molecule has 4 nitrogen and oxygen atoms in total. The number of nitrogens with one attached hydrogen (secondary N) is 2. The summed E-state index contributed by atoms with van der Waals surface area (Å²) in [6, 6.07) is 11.8. The third kappa shape index (κ3) is 1.32. The third-order valence-electron chi connectivity index (χ3n) is 2.50. The summed E-state index contributed by atoms with van der Waals surface area (Å²) in [6.45, 7) is 0. The number of rotatable bonds is 1. The van der Waals surface area contributed by atoms with Gasteiger partial charge in [-0.3, -0.25) is 9.81 Å². The van der Waals surface area contributed by atoms with Gasteiger partial charge in [0, 0.05) is 18.5 Å². The normalized spacial score (nSPS) is 10.8. The van der Waals surface area contributed by atoms with E-state index in [0.29, 0.717) is 11.3 Å². The Morgan fingerprint density at radius 2 is 2.00 bits per heavy atom. The van der Waals surface area contributed by atoms with Crippen LogP contribution in [0.25, 0.3) is 17.0 Å². The lowest BCUT2D eigenvalue weighted by Gasteiger charge is -2.04. The first-order valence-corrected chi connectivity index (χ1v) is 5.01. The van der Waals surface area contributed by atoms with E-state index in [2.05, 4.69) is 9.97 Å². The van der Waals surface area contributed by atoms with Gasteiger partial charge in [0.2, 0.25) is 5.78 Å². The molecule has 0 amide bonds. The highest BCUT2D eigenvalue weighted by atomic mass is 15.1. The Hall–Kier alpha value is -2.36. The number of hydrogen-bond donors (Lipinski definition) is 2. The van der Waals surface area contributed by atoms with E-state index in [9.17, 15) is 0 Å². The van der Waals surface area contributed by atoms with Crippen LogP contribution in [-0.4, -0.2) is 14.4 Å². The van der Waals surface area contributed by atoms with E-state index in [4.69, 9.17) is 5.41 Å². The summed E-state index contributed by atoms with van der Waals surface area (Å²) >= 11 is 0. The zero-order valence-corrected chi connectivity index (χ0v) is 8.51. The molecule has 0 radical (unpaired) electrons. The summed E-state index contributed by atoms with van der Waals surface area (Å²) in [5.41, 5.74) is 2.41. The molecule has 16 heavy (non-hydrogen) atoms. The zero-order valence-electron chi connectivity index (χ0n) is 8.51. The van der Waals surface area contributed by atoms with Crippen molar-refractivity contribution >= 4 is 5.78 Å². The predicted octanol–water partition coefficient (Wildman–Crippen LogP) is 1.81. The number of benzene rings is 1. The van der Waals surface area contributed by atoms with Crippen LogP contribution < -0.4 is 5.49 Å². The molecule has 1 aromatic carbocycles. The van der Waals surface area contributed by atoms with E-state index in [1.807, 2.05) is 40.9 Å². The van der Waals surface area contributed by atoms with Crippen LogP contribution in [0.3, 0.4) is 0 Å². The summed E-state index contributed by atoms with van der Waals surface area (Å²) < 4.78 is 1.94. The minimum absolute atomic E-state index is 0.359. The van der Waals surface area contributed by atoms with Crippen molar-refractivity contribution in [2.45, 2.75) is 0 Å². The molecule has 0 spiro atoms. The van der Waals surface area contributed by atoms with E-state index < -0.39 is 0 Å². The van der Waals surface area contributed by atoms with Gasteiger partial charge in [-0.1, -0.05) is 30.3 Å². The van der Waals surface area contributed by atoms with Crippen molar-refractivity contribution in [3.05, 3.63) is 54.3 Å². The maximum Gasteiger partial charge on any atom is 0.213 e. The summed E-state index contributed by atoms with van der Waals surface area (Å²) in [7, 11) is 0. The van der Waals surface area contributed by atoms with Crippen molar-refractivity contribution in [3.63, 3.8) is 0 Å². The van der Waals surface area contributed by atoms with Crippen LogP contribution in [0.4, 0.5) is 0 Å². The smallest absolute Gasteiger partial charge is 0.213 e. The van der Waals surface area contributed by atoms with Crippen molar-refractivity contribution in [1.82, 2.24) is 14.4 Å². The van der Waals surface area contributed by atoms with Crippen molar-refractivity contribution in [3.8, 4) is 11.3 Å². The van der Waals surface area contributed by atoms with Crippen molar-refractivity contribution in [2.75, 3.05) is 0 Å². The lowest BCUT2D eigenvalue weighted by Crippen LogP contribution is -2.09. The summed E-state index contributed by atoms with van der Waals surface area (Å²) in [6.07, 6.45) is 3.60. The summed E-state index contributed by atoms with van der Waals surface area (Å²) in [5.74, 6) is 0.686. The molecule has 0 aliphatic heterocycles. The van der Waals surface area contributed by atoms with Gasteiger partial charge in [0.1, 0.15) is 5.49 Å². The molecule has 4 heteroatoms. The number of H-pyrrole nitrogens is 1. The summed E-state index contributed by atoms with van der Waals surface area (Å²) in [5, 5.41) is 7.70. The first-order chi connectivity index (χ1) is 7.84. The van der Waals surface area contributed by atoms with Gasteiger partial charge in [0.05, 0.1) is 5.69 Å². The molecule has 0 bridgehead atoms. The Bertz CT molecular complexity index is 679. The second-order valence-electron chi connectivity index (χ2n) is 3.56. The molecule has 0 saturated heterocycles. The van der Waals surface area contributed by atoms with Crippen molar-refractivity contribution in [1.29, 1.82) is 5.41 Å². The van der Waals surface area contributed by atoms with Gasteiger partial charge in [-0.2, -0.15) is 0 Å². The molecule has 3 rings (SSSR count). The number of imidazole rings is 1. The molecular formula is C12H10N4. The molecule has 0 aliphatic carbocycles.